The quantitative estimate of drug-likeness (QED) is 0.233. The molecule has 0 amide bonds. The van der Waals surface area contributed by atoms with Gasteiger partial charge in [0, 0.05) is 0 Å². The minimum Gasteiger partial charge on any atom is -0.382 e. The number of rotatable bonds is 0. The van der Waals surface area contributed by atoms with Crippen LogP contribution in [0.4, 0.5) is 35.1 Å². The van der Waals surface area contributed by atoms with E-state index in [0.717, 1.165) is 0 Å². The molecule has 2 aliphatic heterocycles. The van der Waals surface area contributed by atoms with Gasteiger partial charge in [-0.25, -0.2) is 35.1 Å². The number of ether oxygens (including phenoxy) is 4. The summed E-state index contributed by atoms with van der Waals surface area (Å²) < 4.78 is 140. The molecule has 4 aromatic rings. The Morgan fingerprint density at radius 3 is 0.730 bits per heavy atom. The van der Waals surface area contributed by atoms with E-state index in [-0.39, 0.29) is 0 Å². The molecule has 37 heavy (non-hydrogen) atoms. The summed E-state index contributed by atoms with van der Waals surface area (Å²) in [5, 5.41) is 0. The highest BCUT2D eigenvalue weighted by atomic mass is 19.2. The van der Waals surface area contributed by atoms with Crippen molar-refractivity contribution < 1.29 is 54.1 Å². The Balaban J connectivity index is 1.72. The Morgan fingerprint density at radius 1 is 0.324 bits per heavy atom. The predicted molar refractivity (Wildman–Crippen MR) is 109 cm³/mol. The van der Waals surface area contributed by atoms with Crippen molar-refractivity contribution in [3.8, 4) is 45.3 Å². The SMILES string of the molecule is Fc1ccc(F)c2c1OC1(Oc3c(F)ccc(F)c3-2)Oc2c(F)ccc(F)c2-c2c(F)ccc(F)c2O1. The highest BCUT2D eigenvalue weighted by molar-refractivity contribution is 5.80. The fraction of sp³-hybridized carbons (Fsp3) is 0.0400. The van der Waals surface area contributed by atoms with Crippen LogP contribution in [0.1, 0.15) is 0 Å². The first-order chi connectivity index (χ1) is 17.6. The summed E-state index contributed by atoms with van der Waals surface area (Å²) in [6.45, 7) is 0. The van der Waals surface area contributed by atoms with Crippen LogP contribution in [0.2, 0.25) is 0 Å². The lowest BCUT2D eigenvalue weighted by atomic mass is 10.0. The van der Waals surface area contributed by atoms with E-state index in [0.29, 0.717) is 48.5 Å². The molecule has 0 aromatic heterocycles. The average molecular weight is 524 g/mol. The molecule has 188 valence electrons. The van der Waals surface area contributed by atoms with Gasteiger partial charge in [-0.15, -0.1) is 0 Å². The Hall–Kier alpha value is -4.48. The van der Waals surface area contributed by atoms with Crippen molar-refractivity contribution in [1.82, 2.24) is 0 Å². The van der Waals surface area contributed by atoms with E-state index in [1.165, 1.54) is 0 Å². The lowest BCUT2D eigenvalue weighted by Crippen LogP contribution is -2.53. The van der Waals surface area contributed by atoms with E-state index in [1.54, 1.807) is 0 Å². The third-order valence-corrected chi connectivity index (χ3v) is 5.64. The minimum absolute atomic E-state index is 0.545. The summed E-state index contributed by atoms with van der Waals surface area (Å²) >= 11 is 0. The largest absolute Gasteiger partial charge is 0.611 e. The van der Waals surface area contributed by atoms with Crippen molar-refractivity contribution in [1.29, 1.82) is 0 Å². The van der Waals surface area contributed by atoms with E-state index in [1.807, 2.05) is 0 Å². The summed E-state index contributed by atoms with van der Waals surface area (Å²) in [6.07, 6.45) is -3.49. The van der Waals surface area contributed by atoms with Crippen molar-refractivity contribution in [2.24, 2.45) is 0 Å². The molecule has 1 spiro atoms. The molecule has 0 fully saturated rings. The zero-order valence-electron chi connectivity index (χ0n) is 17.8. The maximum Gasteiger partial charge on any atom is 0.611 e. The van der Waals surface area contributed by atoms with Crippen LogP contribution >= 0.6 is 0 Å². The van der Waals surface area contributed by atoms with Crippen LogP contribution in [0.5, 0.6) is 23.0 Å². The highest BCUT2D eigenvalue weighted by Crippen LogP contribution is 2.52. The molecule has 12 heteroatoms. The molecule has 2 aliphatic rings. The Morgan fingerprint density at radius 2 is 0.514 bits per heavy atom. The molecule has 0 N–H and O–H groups in total. The van der Waals surface area contributed by atoms with Gasteiger partial charge in [0.1, 0.15) is 23.3 Å². The zero-order chi connectivity index (χ0) is 26.2. The lowest BCUT2D eigenvalue weighted by Gasteiger charge is -2.30. The summed E-state index contributed by atoms with van der Waals surface area (Å²) in [5.41, 5.74) is -3.94. The first kappa shape index (κ1) is 23.0. The van der Waals surface area contributed by atoms with Crippen molar-refractivity contribution in [3.63, 3.8) is 0 Å². The zero-order valence-corrected chi connectivity index (χ0v) is 17.8. The second-order valence-corrected chi connectivity index (χ2v) is 7.84. The Labute approximate surface area is 201 Å². The first-order valence-corrected chi connectivity index (χ1v) is 10.3. The molecule has 0 aliphatic carbocycles. The maximum atomic E-state index is 14.9. The van der Waals surface area contributed by atoms with Crippen molar-refractivity contribution >= 4 is 0 Å². The molecule has 4 aromatic carbocycles. The molecule has 2 heterocycles. The molecule has 0 unspecified atom stereocenters. The van der Waals surface area contributed by atoms with Crippen LogP contribution < -0.4 is 18.9 Å². The van der Waals surface area contributed by atoms with Crippen molar-refractivity contribution in [2.45, 2.75) is 6.16 Å². The molecular weight excluding hydrogens is 516 g/mol. The van der Waals surface area contributed by atoms with Gasteiger partial charge < -0.3 is 18.9 Å². The Kier molecular flexibility index (Phi) is 4.81. The van der Waals surface area contributed by atoms with Crippen LogP contribution in [0, 0.1) is 46.5 Å². The second-order valence-electron chi connectivity index (χ2n) is 7.84. The summed E-state index contributed by atoms with van der Waals surface area (Å²) in [7, 11) is 0. The van der Waals surface area contributed by atoms with Gasteiger partial charge in [0.15, 0.2) is 46.3 Å². The molecule has 4 nitrogen and oxygen atoms in total. The van der Waals surface area contributed by atoms with E-state index >= 15 is 0 Å². The summed E-state index contributed by atoms with van der Waals surface area (Å²) in [6, 6.07) is 4.49. The molecule has 0 saturated heterocycles. The fourth-order valence-electron chi connectivity index (χ4n) is 4.09. The number of benzene rings is 4. The molecule has 6 rings (SSSR count). The van der Waals surface area contributed by atoms with Gasteiger partial charge in [-0.2, -0.15) is 0 Å². The fourth-order valence-corrected chi connectivity index (χ4v) is 4.09. The summed E-state index contributed by atoms with van der Waals surface area (Å²) in [4.78, 5) is 0. The summed E-state index contributed by atoms with van der Waals surface area (Å²) in [5.74, 6) is -15.5. The average Bonchev–Trinajstić information content (AvgIpc) is 3.11. The molecular formula is C25H8F8O4. The lowest BCUT2D eigenvalue weighted by molar-refractivity contribution is -0.367. The topological polar surface area (TPSA) is 36.9 Å². The van der Waals surface area contributed by atoms with Crippen molar-refractivity contribution in [3.05, 3.63) is 95.1 Å². The van der Waals surface area contributed by atoms with Crippen LogP contribution in [0.15, 0.2) is 48.5 Å². The number of halogens is 8. The van der Waals surface area contributed by atoms with Gasteiger partial charge in [0.2, 0.25) is 0 Å². The van der Waals surface area contributed by atoms with Crippen LogP contribution in [0.25, 0.3) is 22.3 Å². The molecule has 0 radical (unpaired) electrons. The smallest absolute Gasteiger partial charge is 0.382 e. The maximum absolute atomic E-state index is 14.9. The van der Waals surface area contributed by atoms with E-state index in [9.17, 15) is 35.1 Å². The predicted octanol–water partition coefficient (Wildman–Crippen LogP) is 6.99. The molecule has 0 saturated carbocycles. The van der Waals surface area contributed by atoms with Gasteiger partial charge in [0.25, 0.3) is 0 Å². The molecule has 0 bridgehead atoms. The molecule has 0 atom stereocenters. The van der Waals surface area contributed by atoms with Gasteiger partial charge in [-0.1, -0.05) is 0 Å². The number of fused-ring (bicyclic) bond motifs is 6. The Bertz CT molecular complexity index is 1390. The van der Waals surface area contributed by atoms with E-state index in [4.69, 9.17) is 18.9 Å². The number of hydrogen-bond acceptors (Lipinski definition) is 4. The number of hydrogen-bond donors (Lipinski definition) is 0. The van der Waals surface area contributed by atoms with E-state index < -0.39 is 97.9 Å². The van der Waals surface area contributed by atoms with Crippen molar-refractivity contribution in [2.75, 3.05) is 0 Å². The first-order valence-electron chi connectivity index (χ1n) is 10.3. The second kappa shape index (κ2) is 7.76. The van der Waals surface area contributed by atoms with Crippen LogP contribution in [0.3, 0.4) is 0 Å². The normalized spacial score (nSPS) is 14.5. The van der Waals surface area contributed by atoms with Crippen LogP contribution in [-0.4, -0.2) is 6.16 Å². The monoisotopic (exact) mass is 524 g/mol. The standard InChI is InChI=1S/C25H8F8O4/c26-9-1-5-13(30)21-17(9)18-10(27)2-6-14(31)22(18)35-25(34-21)36-23-15(32)7-3-11(28)19(23)20-12(29)4-8-16(33)24(20)37-25/h1-8H. The third kappa shape index (κ3) is 3.28. The van der Waals surface area contributed by atoms with Gasteiger partial charge in [0.05, 0.1) is 22.3 Å². The third-order valence-electron chi connectivity index (χ3n) is 5.64. The minimum atomic E-state index is -3.49. The van der Waals surface area contributed by atoms with Gasteiger partial charge >= 0.3 is 6.16 Å². The van der Waals surface area contributed by atoms with Gasteiger partial charge in [-0.3, -0.25) is 0 Å². The highest BCUT2D eigenvalue weighted by Gasteiger charge is 2.53. The van der Waals surface area contributed by atoms with Gasteiger partial charge in [-0.05, 0) is 48.5 Å². The van der Waals surface area contributed by atoms with Crippen LogP contribution in [-0.2, 0) is 0 Å². The van der Waals surface area contributed by atoms with E-state index in [2.05, 4.69) is 0 Å².